The van der Waals surface area contributed by atoms with Crippen LogP contribution in [0.1, 0.15) is 11.1 Å². The van der Waals surface area contributed by atoms with E-state index < -0.39 is 11.6 Å². The minimum absolute atomic E-state index is 0.00287. The van der Waals surface area contributed by atoms with Gasteiger partial charge in [-0.1, -0.05) is 24.4 Å². The summed E-state index contributed by atoms with van der Waals surface area (Å²) in [6, 6.07) is 8.56. The number of aryl methyl sites for hydroxylation is 1. The number of ether oxygens (including phenoxy) is 1. The standard InChI is InChI=1S/C14H11F2NOS/c1-8-5-6-9(15)12(7-8)18-11-4-2-3-10(16)13(11)14(17)19/h2-7H,1H3,(H2,17,19). The zero-order chi connectivity index (χ0) is 14.0. The van der Waals surface area contributed by atoms with Crippen molar-refractivity contribution < 1.29 is 13.5 Å². The van der Waals surface area contributed by atoms with Crippen LogP contribution in [-0.4, -0.2) is 4.99 Å². The SMILES string of the molecule is Cc1ccc(F)c(Oc2cccc(F)c2C(N)=S)c1. The second kappa shape index (κ2) is 5.32. The second-order valence-electron chi connectivity index (χ2n) is 4.01. The molecule has 0 amide bonds. The van der Waals surface area contributed by atoms with Gasteiger partial charge >= 0.3 is 0 Å². The van der Waals surface area contributed by atoms with Crippen LogP contribution in [0.4, 0.5) is 8.78 Å². The van der Waals surface area contributed by atoms with E-state index >= 15 is 0 Å². The molecule has 0 saturated heterocycles. The number of nitrogens with two attached hydrogens (primary N) is 1. The molecule has 0 saturated carbocycles. The monoisotopic (exact) mass is 279 g/mol. The Hall–Kier alpha value is -2.01. The zero-order valence-corrected chi connectivity index (χ0v) is 10.9. The highest BCUT2D eigenvalue weighted by molar-refractivity contribution is 7.80. The van der Waals surface area contributed by atoms with Gasteiger partial charge in [0.25, 0.3) is 0 Å². The molecule has 2 rings (SSSR count). The van der Waals surface area contributed by atoms with Gasteiger partial charge in [0, 0.05) is 0 Å². The van der Waals surface area contributed by atoms with Crippen molar-refractivity contribution in [3.8, 4) is 11.5 Å². The van der Waals surface area contributed by atoms with Crippen LogP contribution >= 0.6 is 12.2 Å². The van der Waals surface area contributed by atoms with E-state index in [0.29, 0.717) is 0 Å². The molecule has 0 unspecified atom stereocenters. The molecule has 2 aromatic rings. The van der Waals surface area contributed by atoms with Crippen LogP contribution in [0, 0.1) is 18.6 Å². The lowest BCUT2D eigenvalue weighted by molar-refractivity contribution is 0.437. The third-order valence-electron chi connectivity index (χ3n) is 2.53. The van der Waals surface area contributed by atoms with Gasteiger partial charge < -0.3 is 10.5 Å². The lowest BCUT2D eigenvalue weighted by Crippen LogP contribution is -2.13. The van der Waals surface area contributed by atoms with Gasteiger partial charge in [0.2, 0.25) is 0 Å². The van der Waals surface area contributed by atoms with Crippen molar-refractivity contribution in [2.45, 2.75) is 6.92 Å². The largest absolute Gasteiger partial charge is 0.453 e. The van der Waals surface area contributed by atoms with E-state index in [-0.39, 0.29) is 22.1 Å². The van der Waals surface area contributed by atoms with Gasteiger partial charge in [-0.3, -0.25) is 0 Å². The Morgan fingerprint density at radius 3 is 2.53 bits per heavy atom. The number of halogens is 2. The smallest absolute Gasteiger partial charge is 0.165 e. The summed E-state index contributed by atoms with van der Waals surface area (Å²) in [6.45, 7) is 1.80. The van der Waals surface area contributed by atoms with Crippen molar-refractivity contribution in [2.24, 2.45) is 5.73 Å². The highest BCUT2D eigenvalue weighted by Crippen LogP contribution is 2.29. The summed E-state index contributed by atoms with van der Waals surface area (Å²) in [5.74, 6) is -1.04. The molecular formula is C14H11F2NOS. The molecule has 0 bridgehead atoms. The Morgan fingerprint density at radius 1 is 1.11 bits per heavy atom. The molecule has 2 N–H and O–H groups in total. The van der Waals surface area contributed by atoms with Gasteiger partial charge in [0.05, 0.1) is 5.56 Å². The summed E-state index contributed by atoms with van der Waals surface area (Å²) in [6.07, 6.45) is 0. The Morgan fingerprint density at radius 2 is 1.84 bits per heavy atom. The molecule has 2 aromatic carbocycles. The van der Waals surface area contributed by atoms with Crippen molar-refractivity contribution in [2.75, 3.05) is 0 Å². The zero-order valence-electron chi connectivity index (χ0n) is 10.1. The average Bonchev–Trinajstić information content (AvgIpc) is 2.33. The first-order valence-electron chi connectivity index (χ1n) is 5.51. The van der Waals surface area contributed by atoms with Crippen LogP contribution < -0.4 is 10.5 Å². The molecule has 2 nitrogen and oxygen atoms in total. The number of benzene rings is 2. The normalized spacial score (nSPS) is 10.3. The lowest BCUT2D eigenvalue weighted by Gasteiger charge is -2.12. The molecular weight excluding hydrogens is 268 g/mol. The molecule has 98 valence electrons. The Kier molecular flexibility index (Phi) is 3.76. The first-order chi connectivity index (χ1) is 8.99. The second-order valence-corrected chi connectivity index (χ2v) is 4.45. The van der Waals surface area contributed by atoms with Crippen LogP contribution in [0.3, 0.4) is 0 Å². The van der Waals surface area contributed by atoms with E-state index in [1.807, 2.05) is 0 Å². The van der Waals surface area contributed by atoms with Crippen molar-refractivity contribution in [1.82, 2.24) is 0 Å². The van der Waals surface area contributed by atoms with Crippen LogP contribution in [0.25, 0.3) is 0 Å². The van der Waals surface area contributed by atoms with Crippen LogP contribution in [0.5, 0.6) is 11.5 Å². The van der Waals surface area contributed by atoms with Gasteiger partial charge in [-0.05, 0) is 36.8 Å². The maximum Gasteiger partial charge on any atom is 0.165 e. The fourth-order valence-electron chi connectivity index (χ4n) is 1.64. The topological polar surface area (TPSA) is 35.2 Å². The predicted molar refractivity (Wildman–Crippen MR) is 73.5 cm³/mol. The fraction of sp³-hybridized carbons (Fsp3) is 0.0714. The minimum atomic E-state index is -0.599. The van der Waals surface area contributed by atoms with E-state index in [1.165, 1.54) is 30.3 Å². The summed E-state index contributed by atoms with van der Waals surface area (Å²) in [4.78, 5) is -0.138. The van der Waals surface area contributed by atoms with Gasteiger partial charge in [-0.15, -0.1) is 0 Å². The van der Waals surface area contributed by atoms with Crippen LogP contribution in [0.15, 0.2) is 36.4 Å². The summed E-state index contributed by atoms with van der Waals surface area (Å²) >= 11 is 4.78. The third-order valence-corrected chi connectivity index (χ3v) is 2.73. The van der Waals surface area contributed by atoms with E-state index in [1.54, 1.807) is 13.0 Å². The van der Waals surface area contributed by atoms with Gasteiger partial charge in [0.15, 0.2) is 11.6 Å². The fourth-order valence-corrected chi connectivity index (χ4v) is 1.83. The van der Waals surface area contributed by atoms with Gasteiger partial charge in [-0.25, -0.2) is 8.78 Å². The number of hydrogen-bond acceptors (Lipinski definition) is 2. The van der Waals surface area contributed by atoms with E-state index in [0.717, 1.165) is 5.56 Å². The Labute approximate surface area is 114 Å². The number of rotatable bonds is 3. The lowest BCUT2D eigenvalue weighted by atomic mass is 10.2. The summed E-state index contributed by atoms with van der Waals surface area (Å²) in [5.41, 5.74) is 6.25. The van der Waals surface area contributed by atoms with Crippen LogP contribution in [0.2, 0.25) is 0 Å². The molecule has 0 fully saturated rings. The third kappa shape index (κ3) is 2.88. The van der Waals surface area contributed by atoms with Crippen molar-refractivity contribution >= 4 is 17.2 Å². The predicted octanol–water partition coefficient (Wildman–Crippen LogP) is 3.70. The molecule has 0 aromatic heterocycles. The first-order valence-corrected chi connectivity index (χ1v) is 5.92. The van der Waals surface area contributed by atoms with E-state index in [9.17, 15) is 8.78 Å². The molecule has 0 radical (unpaired) electrons. The molecule has 5 heteroatoms. The average molecular weight is 279 g/mol. The van der Waals surface area contributed by atoms with Crippen molar-refractivity contribution in [3.63, 3.8) is 0 Å². The van der Waals surface area contributed by atoms with Crippen LogP contribution in [-0.2, 0) is 0 Å². The molecule has 0 aliphatic carbocycles. The summed E-state index contributed by atoms with van der Waals surface area (Å²) in [7, 11) is 0. The van der Waals surface area contributed by atoms with E-state index in [4.69, 9.17) is 22.7 Å². The number of hydrogen-bond donors (Lipinski definition) is 1. The van der Waals surface area contributed by atoms with Crippen molar-refractivity contribution in [3.05, 3.63) is 59.2 Å². The molecule has 0 atom stereocenters. The maximum absolute atomic E-state index is 13.6. The molecule has 0 heterocycles. The van der Waals surface area contributed by atoms with E-state index in [2.05, 4.69) is 0 Å². The maximum atomic E-state index is 13.6. The van der Waals surface area contributed by atoms with Gasteiger partial charge in [-0.2, -0.15) is 0 Å². The first kappa shape index (κ1) is 13.4. The molecule has 19 heavy (non-hydrogen) atoms. The highest BCUT2D eigenvalue weighted by Gasteiger charge is 2.14. The summed E-state index contributed by atoms with van der Waals surface area (Å²) in [5, 5.41) is 0. The minimum Gasteiger partial charge on any atom is -0.453 e. The summed E-state index contributed by atoms with van der Waals surface area (Å²) < 4.78 is 32.6. The number of thiocarbonyl (C=S) groups is 1. The van der Waals surface area contributed by atoms with Gasteiger partial charge in [0.1, 0.15) is 16.6 Å². The molecule has 0 aliphatic rings. The Bertz CT molecular complexity index is 643. The molecule has 0 aliphatic heterocycles. The highest BCUT2D eigenvalue weighted by atomic mass is 32.1. The Balaban J connectivity index is 2.46. The quantitative estimate of drug-likeness (QED) is 0.870. The molecule has 0 spiro atoms. The van der Waals surface area contributed by atoms with Crippen molar-refractivity contribution in [1.29, 1.82) is 0 Å².